The van der Waals surface area contributed by atoms with Crippen molar-refractivity contribution >= 4 is 6.03 Å². The molecule has 1 rings (SSSR count). The predicted octanol–water partition coefficient (Wildman–Crippen LogP) is 1.64. The lowest BCUT2D eigenvalue weighted by Crippen LogP contribution is -2.48. The largest absolute Gasteiger partial charge is 0.388 e. The van der Waals surface area contributed by atoms with Crippen LogP contribution >= 0.6 is 0 Å². The average Bonchev–Trinajstić information content (AvgIpc) is 2.21. The maximum absolute atomic E-state index is 11.2. The zero-order valence-electron chi connectivity index (χ0n) is 10.6. The Hall–Kier alpha value is -0.770. The molecule has 4 heteroatoms. The zero-order chi connectivity index (χ0) is 12.2. The molecule has 0 unspecified atom stereocenters. The van der Waals surface area contributed by atoms with Gasteiger partial charge in [0.25, 0.3) is 0 Å². The number of carbonyl (C=O) groups is 1. The number of nitrogens with one attached hydrogen (secondary N) is 2. The van der Waals surface area contributed by atoms with Gasteiger partial charge in [0.05, 0.1) is 5.60 Å². The predicted molar refractivity (Wildman–Crippen MR) is 64.3 cm³/mol. The highest BCUT2D eigenvalue weighted by molar-refractivity contribution is 5.73. The van der Waals surface area contributed by atoms with Crippen LogP contribution in [0.25, 0.3) is 0 Å². The van der Waals surface area contributed by atoms with Gasteiger partial charge in [-0.2, -0.15) is 0 Å². The number of rotatable bonds is 3. The highest BCUT2D eigenvalue weighted by Crippen LogP contribution is 2.39. The molecule has 0 atom stereocenters. The first-order chi connectivity index (χ1) is 7.37. The molecule has 1 saturated carbocycles. The molecule has 0 aliphatic heterocycles. The van der Waals surface area contributed by atoms with Crippen molar-refractivity contribution in [3.63, 3.8) is 0 Å². The van der Waals surface area contributed by atoms with E-state index in [1.807, 2.05) is 6.92 Å². The van der Waals surface area contributed by atoms with Crippen LogP contribution < -0.4 is 10.6 Å². The fourth-order valence-electron chi connectivity index (χ4n) is 2.04. The second-order valence-electron chi connectivity index (χ2n) is 5.60. The van der Waals surface area contributed by atoms with E-state index in [9.17, 15) is 9.90 Å². The Morgan fingerprint density at radius 3 is 2.25 bits per heavy atom. The van der Waals surface area contributed by atoms with Crippen LogP contribution in [0, 0.1) is 5.41 Å². The maximum Gasteiger partial charge on any atom is 0.314 e. The molecule has 0 aromatic heterocycles. The molecule has 0 aromatic carbocycles. The minimum atomic E-state index is -0.708. The fraction of sp³-hybridized carbons (Fsp3) is 0.917. The van der Waals surface area contributed by atoms with Crippen molar-refractivity contribution in [1.29, 1.82) is 0 Å². The molecule has 3 N–H and O–H groups in total. The van der Waals surface area contributed by atoms with E-state index in [1.54, 1.807) is 0 Å². The average molecular weight is 228 g/mol. The van der Waals surface area contributed by atoms with Gasteiger partial charge in [-0.1, -0.05) is 13.8 Å². The molecule has 2 amide bonds. The molecule has 0 aromatic rings. The lowest BCUT2D eigenvalue weighted by atomic mass is 9.71. The Bertz CT molecular complexity index is 241. The van der Waals surface area contributed by atoms with Crippen LogP contribution in [0.5, 0.6) is 0 Å². The molecule has 4 nitrogen and oxygen atoms in total. The lowest BCUT2D eigenvalue weighted by molar-refractivity contribution is -0.0222. The summed E-state index contributed by atoms with van der Waals surface area (Å²) in [4.78, 5) is 11.2. The van der Waals surface area contributed by atoms with E-state index >= 15 is 0 Å². The van der Waals surface area contributed by atoms with Gasteiger partial charge < -0.3 is 15.7 Å². The van der Waals surface area contributed by atoms with Gasteiger partial charge in [0.1, 0.15) is 0 Å². The van der Waals surface area contributed by atoms with Crippen LogP contribution in [0.3, 0.4) is 0 Å². The molecule has 0 heterocycles. The van der Waals surface area contributed by atoms with Gasteiger partial charge in [0, 0.05) is 13.1 Å². The smallest absolute Gasteiger partial charge is 0.314 e. The summed E-state index contributed by atoms with van der Waals surface area (Å²) in [5, 5.41) is 15.7. The van der Waals surface area contributed by atoms with Crippen LogP contribution in [0.4, 0.5) is 4.79 Å². The summed E-state index contributed by atoms with van der Waals surface area (Å²) in [5.74, 6) is 0. The molecule has 0 bridgehead atoms. The van der Waals surface area contributed by atoms with Crippen LogP contribution in [0.2, 0.25) is 0 Å². The summed E-state index contributed by atoms with van der Waals surface area (Å²) in [7, 11) is 0. The van der Waals surface area contributed by atoms with Crippen molar-refractivity contribution in [3.05, 3.63) is 0 Å². The number of hydrogen-bond acceptors (Lipinski definition) is 2. The summed E-state index contributed by atoms with van der Waals surface area (Å²) in [6.07, 6.45) is 3.57. The van der Waals surface area contributed by atoms with Gasteiger partial charge in [-0.05, 0) is 38.0 Å². The Balaban J connectivity index is 2.34. The number of aliphatic hydroxyl groups is 1. The van der Waals surface area contributed by atoms with Crippen molar-refractivity contribution in [2.24, 2.45) is 5.41 Å². The third kappa shape index (κ3) is 4.00. The van der Waals surface area contributed by atoms with E-state index in [0.717, 1.165) is 25.7 Å². The zero-order valence-corrected chi connectivity index (χ0v) is 10.6. The van der Waals surface area contributed by atoms with Gasteiger partial charge in [0.15, 0.2) is 0 Å². The Labute approximate surface area is 97.8 Å². The normalized spacial score (nSPS) is 22.5. The first-order valence-electron chi connectivity index (χ1n) is 6.11. The Kier molecular flexibility index (Phi) is 4.19. The molecule has 94 valence electrons. The SMILES string of the molecule is CCNC(=O)NCC1(O)CCC(C)(C)CC1. The lowest BCUT2D eigenvalue weighted by Gasteiger charge is -2.40. The maximum atomic E-state index is 11.2. The van der Waals surface area contributed by atoms with Crippen LogP contribution in [0.15, 0.2) is 0 Å². The number of amides is 2. The molecule has 16 heavy (non-hydrogen) atoms. The fourth-order valence-corrected chi connectivity index (χ4v) is 2.04. The summed E-state index contributed by atoms with van der Waals surface area (Å²) >= 11 is 0. The molecule has 1 aliphatic rings. The van der Waals surface area contributed by atoms with E-state index < -0.39 is 5.60 Å². The number of carbonyl (C=O) groups excluding carboxylic acids is 1. The van der Waals surface area contributed by atoms with Crippen molar-refractivity contribution in [3.8, 4) is 0 Å². The molecule has 0 saturated heterocycles. The third-order valence-corrected chi connectivity index (χ3v) is 3.45. The summed E-state index contributed by atoms with van der Waals surface area (Å²) in [6, 6.07) is -0.194. The Morgan fingerprint density at radius 1 is 1.19 bits per heavy atom. The van der Waals surface area contributed by atoms with Crippen LogP contribution in [-0.4, -0.2) is 29.8 Å². The van der Waals surface area contributed by atoms with Crippen molar-refractivity contribution < 1.29 is 9.90 Å². The highest BCUT2D eigenvalue weighted by atomic mass is 16.3. The van der Waals surface area contributed by atoms with Crippen molar-refractivity contribution in [2.75, 3.05) is 13.1 Å². The summed E-state index contributed by atoms with van der Waals surface area (Å²) in [6.45, 7) is 7.29. The van der Waals surface area contributed by atoms with Crippen LogP contribution in [0.1, 0.15) is 46.5 Å². The summed E-state index contributed by atoms with van der Waals surface area (Å²) < 4.78 is 0. The molecular weight excluding hydrogens is 204 g/mol. The highest BCUT2D eigenvalue weighted by Gasteiger charge is 2.36. The molecule has 0 spiro atoms. The first kappa shape index (κ1) is 13.3. The van der Waals surface area contributed by atoms with Gasteiger partial charge >= 0.3 is 6.03 Å². The van der Waals surface area contributed by atoms with E-state index in [4.69, 9.17) is 0 Å². The van der Waals surface area contributed by atoms with Gasteiger partial charge in [-0.15, -0.1) is 0 Å². The Morgan fingerprint density at radius 2 is 1.75 bits per heavy atom. The third-order valence-electron chi connectivity index (χ3n) is 3.45. The first-order valence-corrected chi connectivity index (χ1v) is 6.11. The van der Waals surface area contributed by atoms with Crippen LogP contribution in [-0.2, 0) is 0 Å². The molecular formula is C12H24N2O2. The molecule has 0 radical (unpaired) electrons. The molecule has 1 aliphatic carbocycles. The van der Waals surface area contributed by atoms with E-state index in [-0.39, 0.29) is 6.03 Å². The van der Waals surface area contributed by atoms with Gasteiger partial charge in [-0.3, -0.25) is 0 Å². The quantitative estimate of drug-likeness (QED) is 0.687. The van der Waals surface area contributed by atoms with Crippen molar-refractivity contribution in [2.45, 2.75) is 52.1 Å². The van der Waals surface area contributed by atoms with Gasteiger partial charge in [0.2, 0.25) is 0 Å². The van der Waals surface area contributed by atoms with Crippen molar-refractivity contribution in [1.82, 2.24) is 10.6 Å². The second-order valence-corrected chi connectivity index (χ2v) is 5.60. The monoisotopic (exact) mass is 228 g/mol. The standard InChI is InChI=1S/C12H24N2O2/c1-4-13-10(15)14-9-12(16)7-5-11(2,3)6-8-12/h16H,4-9H2,1-3H3,(H2,13,14,15). The van der Waals surface area contributed by atoms with E-state index in [2.05, 4.69) is 24.5 Å². The molecule has 1 fully saturated rings. The minimum Gasteiger partial charge on any atom is -0.388 e. The minimum absolute atomic E-state index is 0.194. The van der Waals surface area contributed by atoms with E-state index in [1.165, 1.54) is 0 Å². The summed E-state index contributed by atoms with van der Waals surface area (Å²) in [5.41, 5.74) is -0.376. The number of urea groups is 1. The number of hydrogen-bond donors (Lipinski definition) is 3. The second kappa shape index (κ2) is 5.04. The van der Waals surface area contributed by atoms with Gasteiger partial charge in [-0.25, -0.2) is 4.79 Å². The topological polar surface area (TPSA) is 61.4 Å². The van der Waals surface area contributed by atoms with E-state index in [0.29, 0.717) is 18.5 Å².